The van der Waals surface area contributed by atoms with Gasteiger partial charge in [-0.15, -0.1) is 0 Å². The Balaban J connectivity index is 1.84. The van der Waals surface area contributed by atoms with Crippen molar-refractivity contribution in [3.63, 3.8) is 0 Å². The predicted octanol–water partition coefficient (Wildman–Crippen LogP) is 5.26. The number of nitrogens with one attached hydrogen (secondary N) is 1. The molecule has 1 atom stereocenters. The van der Waals surface area contributed by atoms with Crippen molar-refractivity contribution in [1.29, 1.82) is 0 Å². The minimum atomic E-state index is -0.929. The van der Waals surface area contributed by atoms with Crippen molar-refractivity contribution >= 4 is 46.4 Å². The van der Waals surface area contributed by atoms with Crippen LogP contribution in [0.25, 0.3) is 10.9 Å². The molecule has 0 aliphatic carbocycles. The third-order valence-corrected chi connectivity index (χ3v) is 7.00. The van der Waals surface area contributed by atoms with Crippen molar-refractivity contribution in [2.45, 2.75) is 52.2 Å². The molecular formula is C30H33ClN4O7. The van der Waals surface area contributed by atoms with Gasteiger partial charge in [0.15, 0.2) is 0 Å². The number of hydrazine groups is 1. The summed E-state index contributed by atoms with van der Waals surface area (Å²) in [6.07, 6.45) is 0.665. The van der Waals surface area contributed by atoms with E-state index in [0.29, 0.717) is 29.2 Å². The summed E-state index contributed by atoms with van der Waals surface area (Å²) in [6.45, 7) is 7.60. The van der Waals surface area contributed by atoms with Crippen molar-refractivity contribution in [2.24, 2.45) is 0 Å². The predicted molar refractivity (Wildman–Crippen MR) is 155 cm³/mol. The molecule has 1 unspecified atom stereocenters. The zero-order valence-electron chi connectivity index (χ0n) is 24.1. The van der Waals surface area contributed by atoms with Crippen LogP contribution in [-0.2, 0) is 9.47 Å². The van der Waals surface area contributed by atoms with Gasteiger partial charge in [-0.2, -0.15) is 0 Å². The smallest absolute Gasteiger partial charge is 0.426 e. The van der Waals surface area contributed by atoms with Gasteiger partial charge in [-0.05, 0) is 76.4 Å². The maximum absolute atomic E-state index is 14.3. The Morgan fingerprint density at radius 1 is 1.07 bits per heavy atom. The number of likely N-dealkylation sites (tertiary alicyclic amines) is 1. The molecule has 42 heavy (non-hydrogen) atoms. The molecule has 0 spiro atoms. The Morgan fingerprint density at radius 2 is 1.71 bits per heavy atom. The summed E-state index contributed by atoms with van der Waals surface area (Å²) in [4.78, 5) is 58.9. The molecule has 1 aliphatic heterocycles. The van der Waals surface area contributed by atoms with Crippen LogP contribution in [0.5, 0.6) is 5.75 Å². The van der Waals surface area contributed by atoms with E-state index in [4.69, 9.17) is 21.1 Å². The summed E-state index contributed by atoms with van der Waals surface area (Å²) < 4.78 is 10.2. The van der Waals surface area contributed by atoms with Crippen molar-refractivity contribution in [2.75, 3.05) is 20.2 Å². The van der Waals surface area contributed by atoms with Gasteiger partial charge < -0.3 is 19.5 Å². The van der Waals surface area contributed by atoms with Crippen LogP contribution < -0.4 is 5.43 Å². The average molecular weight is 597 g/mol. The molecule has 0 radical (unpaired) electrons. The Morgan fingerprint density at radius 3 is 2.31 bits per heavy atom. The molecule has 4 rings (SSSR count). The Hall–Kier alpha value is -4.38. The van der Waals surface area contributed by atoms with Crippen LogP contribution in [0.2, 0.25) is 5.02 Å². The standard InChI is InChI=1S/C30H33ClN4O7/c1-17(18-8-10-19(11-9-18)28(39)41-5)35(33-29(40)42-30(2,3)4)26(37)23-24(27(38)34-14-6-7-15-34)32-22-16-20(31)12-13-21(22)25(23)36/h8-13,16-17H,6-7,14-15H2,1-5H3,(H,32,36)(H,33,40). The Bertz CT molecular complexity index is 1530. The summed E-state index contributed by atoms with van der Waals surface area (Å²) in [7, 11) is 1.27. The van der Waals surface area contributed by atoms with Gasteiger partial charge in [0.1, 0.15) is 22.6 Å². The number of fused-ring (bicyclic) bond motifs is 1. The number of carbonyl (C=O) groups is 4. The van der Waals surface area contributed by atoms with E-state index >= 15 is 0 Å². The Labute approximate surface area is 248 Å². The lowest BCUT2D eigenvalue weighted by molar-refractivity contribution is 0.0225. The van der Waals surface area contributed by atoms with E-state index in [1.165, 1.54) is 37.4 Å². The van der Waals surface area contributed by atoms with Crippen LogP contribution >= 0.6 is 11.6 Å². The molecule has 0 saturated carbocycles. The van der Waals surface area contributed by atoms with Gasteiger partial charge in [0, 0.05) is 23.5 Å². The van der Waals surface area contributed by atoms with E-state index in [0.717, 1.165) is 17.9 Å². The van der Waals surface area contributed by atoms with Crippen molar-refractivity contribution in [1.82, 2.24) is 20.3 Å². The number of methoxy groups -OCH3 is 1. The van der Waals surface area contributed by atoms with E-state index in [9.17, 15) is 24.3 Å². The maximum Gasteiger partial charge on any atom is 0.426 e. The number of nitrogens with zero attached hydrogens (tertiary/aromatic N) is 3. The van der Waals surface area contributed by atoms with Crippen LogP contribution in [-0.4, -0.2) is 69.7 Å². The molecular weight excluding hydrogens is 564 g/mol. The van der Waals surface area contributed by atoms with Gasteiger partial charge in [0.05, 0.1) is 24.2 Å². The van der Waals surface area contributed by atoms with Gasteiger partial charge >= 0.3 is 12.1 Å². The van der Waals surface area contributed by atoms with Gasteiger partial charge in [0.25, 0.3) is 11.8 Å². The van der Waals surface area contributed by atoms with Gasteiger partial charge in [0.2, 0.25) is 0 Å². The summed E-state index contributed by atoms with van der Waals surface area (Å²) in [5, 5.41) is 12.9. The first kappa shape index (κ1) is 30.6. The first-order chi connectivity index (χ1) is 19.8. The van der Waals surface area contributed by atoms with Crippen molar-refractivity contribution in [3.8, 4) is 5.75 Å². The third-order valence-electron chi connectivity index (χ3n) is 6.76. The second-order valence-electron chi connectivity index (χ2n) is 10.9. The normalized spacial score (nSPS) is 13.9. The lowest BCUT2D eigenvalue weighted by Gasteiger charge is -2.32. The van der Waals surface area contributed by atoms with Gasteiger partial charge in [-0.1, -0.05) is 23.7 Å². The molecule has 1 aromatic heterocycles. The fraction of sp³-hybridized carbons (Fsp3) is 0.367. The number of hydrogen-bond acceptors (Lipinski definition) is 8. The lowest BCUT2D eigenvalue weighted by Crippen LogP contribution is -2.49. The van der Waals surface area contributed by atoms with E-state index in [2.05, 4.69) is 10.4 Å². The largest absolute Gasteiger partial charge is 0.506 e. The topological polar surface area (TPSA) is 138 Å². The molecule has 0 bridgehead atoms. The number of benzene rings is 2. The molecule has 222 valence electrons. The summed E-state index contributed by atoms with van der Waals surface area (Å²) >= 11 is 6.16. The van der Waals surface area contributed by atoms with Crippen LogP contribution in [0.3, 0.4) is 0 Å². The molecule has 3 aromatic rings. The number of amides is 3. The number of aromatic hydroxyl groups is 1. The number of aromatic nitrogens is 1. The summed E-state index contributed by atoms with van der Waals surface area (Å²) in [5.74, 6) is -2.44. The molecule has 1 aliphatic rings. The SMILES string of the molecule is COC(=O)c1ccc(C(C)N(NC(=O)OC(C)(C)C)C(=O)c2c(C(=O)N3CCCC3)nc3cc(Cl)ccc3c2O)cc1. The minimum absolute atomic E-state index is 0.202. The maximum atomic E-state index is 14.3. The third kappa shape index (κ3) is 6.57. The highest BCUT2D eigenvalue weighted by molar-refractivity contribution is 6.31. The fourth-order valence-electron chi connectivity index (χ4n) is 4.66. The molecule has 12 heteroatoms. The van der Waals surface area contributed by atoms with Crippen molar-refractivity contribution < 1.29 is 33.8 Å². The zero-order chi connectivity index (χ0) is 30.8. The number of esters is 1. The van der Waals surface area contributed by atoms with Crippen LogP contribution in [0.4, 0.5) is 4.79 Å². The number of ether oxygens (including phenoxy) is 2. The highest BCUT2D eigenvalue weighted by Crippen LogP contribution is 2.34. The number of pyridine rings is 1. The zero-order valence-corrected chi connectivity index (χ0v) is 24.8. The lowest BCUT2D eigenvalue weighted by atomic mass is 10.0. The highest BCUT2D eigenvalue weighted by atomic mass is 35.5. The first-order valence-corrected chi connectivity index (χ1v) is 13.8. The Kier molecular flexibility index (Phi) is 8.91. The number of halogens is 1. The average Bonchev–Trinajstić information content (AvgIpc) is 3.48. The van der Waals surface area contributed by atoms with Crippen LogP contribution in [0, 0.1) is 0 Å². The fourth-order valence-corrected chi connectivity index (χ4v) is 4.82. The molecule has 2 heterocycles. The quantitative estimate of drug-likeness (QED) is 0.300. The van der Waals surface area contributed by atoms with E-state index in [-0.39, 0.29) is 22.2 Å². The van der Waals surface area contributed by atoms with Gasteiger partial charge in [-0.25, -0.2) is 25.0 Å². The van der Waals surface area contributed by atoms with Crippen molar-refractivity contribution in [3.05, 3.63) is 69.9 Å². The first-order valence-electron chi connectivity index (χ1n) is 13.4. The second kappa shape index (κ2) is 12.2. The monoisotopic (exact) mass is 596 g/mol. The second-order valence-corrected chi connectivity index (χ2v) is 11.4. The molecule has 1 fully saturated rings. The summed E-state index contributed by atoms with van der Waals surface area (Å²) in [6, 6.07) is 9.92. The number of hydrogen-bond donors (Lipinski definition) is 2. The highest BCUT2D eigenvalue weighted by Gasteiger charge is 2.35. The van der Waals surface area contributed by atoms with E-state index in [1.54, 1.807) is 44.7 Å². The van der Waals surface area contributed by atoms with Gasteiger partial charge in [-0.3, -0.25) is 9.59 Å². The summed E-state index contributed by atoms with van der Waals surface area (Å²) in [5.41, 5.74) is 2.01. The van der Waals surface area contributed by atoms with Crippen LogP contribution in [0.15, 0.2) is 42.5 Å². The van der Waals surface area contributed by atoms with Crippen LogP contribution in [0.1, 0.15) is 83.3 Å². The molecule has 3 amide bonds. The molecule has 2 aromatic carbocycles. The van der Waals surface area contributed by atoms with E-state index in [1.807, 2.05) is 0 Å². The van der Waals surface area contributed by atoms with E-state index < -0.39 is 41.3 Å². The number of rotatable bonds is 5. The molecule has 2 N–H and O–H groups in total. The molecule has 1 saturated heterocycles. The number of carbonyl (C=O) groups excluding carboxylic acids is 4. The minimum Gasteiger partial charge on any atom is -0.506 e. The molecule has 11 nitrogen and oxygen atoms in total.